The number of pyridine rings is 1. The molecule has 1 heterocycles. The molecule has 1 aromatic heterocycles. The minimum Gasteiger partial charge on any atom is -0.481 e. The zero-order valence-corrected chi connectivity index (χ0v) is 11.9. The first-order chi connectivity index (χ1) is 8.54. The molecule has 4 heteroatoms. The minimum atomic E-state index is 0.267. The van der Waals surface area contributed by atoms with E-state index in [1.165, 1.54) is 0 Å². The molecule has 0 radical (unpaired) electrons. The van der Waals surface area contributed by atoms with Crippen molar-refractivity contribution >= 4 is 0 Å². The molecule has 18 heavy (non-hydrogen) atoms. The highest BCUT2D eigenvalue weighted by molar-refractivity contribution is 5.24. The van der Waals surface area contributed by atoms with Gasteiger partial charge in [-0.05, 0) is 32.0 Å². The fourth-order valence-corrected chi connectivity index (χ4v) is 1.80. The van der Waals surface area contributed by atoms with Gasteiger partial charge in [-0.3, -0.25) is 0 Å². The maximum atomic E-state index is 6.05. The van der Waals surface area contributed by atoms with Crippen molar-refractivity contribution in [1.82, 2.24) is 9.88 Å². The molecule has 1 unspecified atom stereocenters. The van der Waals surface area contributed by atoms with Gasteiger partial charge < -0.3 is 15.4 Å². The predicted octanol–water partition coefficient (Wildman–Crippen LogP) is 1.90. The maximum Gasteiger partial charge on any atom is 0.217 e. The van der Waals surface area contributed by atoms with Crippen molar-refractivity contribution in [2.24, 2.45) is 11.7 Å². The molecule has 0 spiro atoms. The van der Waals surface area contributed by atoms with Crippen LogP contribution in [0.25, 0.3) is 0 Å². The number of ether oxygens (including phenoxy) is 1. The van der Waals surface area contributed by atoms with E-state index in [0.29, 0.717) is 11.8 Å². The van der Waals surface area contributed by atoms with Gasteiger partial charge in [0, 0.05) is 24.3 Å². The summed E-state index contributed by atoms with van der Waals surface area (Å²) in [6.45, 7) is 6.14. The molecule has 0 aliphatic carbocycles. The highest BCUT2D eigenvalue weighted by Gasteiger charge is 2.10. The number of hydrogen-bond donors (Lipinski definition) is 1. The van der Waals surface area contributed by atoms with E-state index in [1.807, 2.05) is 12.1 Å². The lowest BCUT2D eigenvalue weighted by Crippen LogP contribution is -2.31. The van der Waals surface area contributed by atoms with Crippen molar-refractivity contribution in [3.05, 3.63) is 23.9 Å². The van der Waals surface area contributed by atoms with Crippen LogP contribution in [0, 0.1) is 5.92 Å². The molecule has 1 aromatic rings. The Kier molecular flexibility index (Phi) is 6.09. The molecule has 1 rings (SSSR count). The Morgan fingerprint density at radius 3 is 2.78 bits per heavy atom. The molecule has 4 nitrogen and oxygen atoms in total. The lowest BCUT2D eigenvalue weighted by atomic mass is 10.0. The van der Waals surface area contributed by atoms with E-state index in [9.17, 15) is 0 Å². The lowest BCUT2D eigenvalue weighted by molar-refractivity contribution is 0.289. The first-order valence-corrected chi connectivity index (χ1v) is 6.46. The van der Waals surface area contributed by atoms with Crippen molar-refractivity contribution in [3.8, 4) is 5.88 Å². The van der Waals surface area contributed by atoms with E-state index < -0.39 is 0 Å². The molecule has 0 aliphatic rings. The highest BCUT2D eigenvalue weighted by Crippen LogP contribution is 2.15. The van der Waals surface area contributed by atoms with Gasteiger partial charge in [0.25, 0.3) is 0 Å². The second-order valence-electron chi connectivity index (χ2n) is 5.11. The third-order valence-electron chi connectivity index (χ3n) is 3.18. The van der Waals surface area contributed by atoms with Gasteiger partial charge in [-0.25, -0.2) is 4.98 Å². The molecule has 0 aromatic carbocycles. The fraction of sp³-hybridized carbons (Fsp3) is 0.643. The van der Waals surface area contributed by atoms with E-state index >= 15 is 0 Å². The molecule has 0 amide bonds. The molecule has 0 aliphatic heterocycles. The van der Waals surface area contributed by atoms with Crippen LogP contribution >= 0.6 is 0 Å². The molecular formula is C14H25N3O. The Morgan fingerprint density at radius 2 is 2.17 bits per heavy atom. The van der Waals surface area contributed by atoms with Crippen LogP contribution in [0.5, 0.6) is 5.88 Å². The SMILES string of the molecule is COc1ncccc1CN(C)CCC(N)C(C)C. The van der Waals surface area contributed by atoms with Crippen LogP contribution in [0.4, 0.5) is 0 Å². The second kappa shape index (κ2) is 7.34. The van der Waals surface area contributed by atoms with Gasteiger partial charge in [0.2, 0.25) is 5.88 Å². The topological polar surface area (TPSA) is 51.4 Å². The normalized spacial score (nSPS) is 13.1. The van der Waals surface area contributed by atoms with Crippen molar-refractivity contribution in [2.75, 3.05) is 20.7 Å². The van der Waals surface area contributed by atoms with Gasteiger partial charge in [-0.2, -0.15) is 0 Å². The highest BCUT2D eigenvalue weighted by atomic mass is 16.5. The Bertz CT molecular complexity index is 355. The molecular weight excluding hydrogens is 226 g/mol. The van der Waals surface area contributed by atoms with Crippen molar-refractivity contribution in [1.29, 1.82) is 0 Å². The molecule has 1 atom stereocenters. The van der Waals surface area contributed by atoms with Gasteiger partial charge in [0.1, 0.15) is 0 Å². The first-order valence-electron chi connectivity index (χ1n) is 6.46. The number of hydrogen-bond acceptors (Lipinski definition) is 4. The maximum absolute atomic E-state index is 6.05. The third-order valence-corrected chi connectivity index (χ3v) is 3.18. The van der Waals surface area contributed by atoms with Gasteiger partial charge in [-0.1, -0.05) is 19.9 Å². The summed E-state index contributed by atoms with van der Waals surface area (Å²) in [6, 6.07) is 4.25. The predicted molar refractivity (Wildman–Crippen MR) is 74.6 cm³/mol. The van der Waals surface area contributed by atoms with E-state index in [-0.39, 0.29) is 6.04 Å². The smallest absolute Gasteiger partial charge is 0.217 e. The van der Waals surface area contributed by atoms with Gasteiger partial charge >= 0.3 is 0 Å². The summed E-state index contributed by atoms with van der Waals surface area (Å²) in [7, 11) is 3.75. The minimum absolute atomic E-state index is 0.267. The number of rotatable bonds is 7. The van der Waals surface area contributed by atoms with Gasteiger partial charge in [0.15, 0.2) is 0 Å². The number of aromatic nitrogens is 1. The number of methoxy groups -OCH3 is 1. The fourth-order valence-electron chi connectivity index (χ4n) is 1.80. The summed E-state index contributed by atoms with van der Waals surface area (Å²) < 4.78 is 5.25. The molecule has 0 saturated heterocycles. The Balaban J connectivity index is 2.46. The van der Waals surface area contributed by atoms with Crippen LogP contribution in [-0.2, 0) is 6.54 Å². The largest absolute Gasteiger partial charge is 0.481 e. The molecule has 0 fully saturated rings. The van der Waals surface area contributed by atoms with Crippen LogP contribution in [0.2, 0.25) is 0 Å². The number of nitrogens with zero attached hydrogens (tertiary/aromatic N) is 2. The van der Waals surface area contributed by atoms with Crippen LogP contribution in [0.1, 0.15) is 25.8 Å². The summed E-state index contributed by atoms with van der Waals surface area (Å²) in [4.78, 5) is 6.45. The van der Waals surface area contributed by atoms with Gasteiger partial charge in [-0.15, -0.1) is 0 Å². The summed E-state index contributed by atoms with van der Waals surface area (Å²) in [5.74, 6) is 1.24. The standard InChI is InChI=1S/C14H25N3O/c1-11(2)13(15)7-9-17(3)10-12-6-5-8-16-14(12)18-4/h5-6,8,11,13H,7,9-10,15H2,1-4H3. The first kappa shape index (κ1) is 14.9. The zero-order valence-electron chi connectivity index (χ0n) is 11.9. The van der Waals surface area contributed by atoms with Crippen molar-refractivity contribution in [3.63, 3.8) is 0 Å². The summed E-state index contributed by atoms with van der Waals surface area (Å²) in [5, 5.41) is 0. The van der Waals surface area contributed by atoms with E-state index in [1.54, 1.807) is 13.3 Å². The Morgan fingerprint density at radius 1 is 1.44 bits per heavy atom. The van der Waals surface area contributed by atoms with Crippen LogP contribution in [0.15, 0.2) is 18.3 Å². The van der Waals surface area contributed by atoms with Gasteiger partial charge in [0.05, 0.1) is 7.11 Å². The lowest BCUT2D eigenvalue weighted by Gasteiger charge is -2.21. The third kappa shape index (κ3) is 4.63. The molecule has 102 valence electrons. The Labute approximate surface area is 110 Å². The van der Waals surface area contributed by atoms with E-state index in [0.717, 1.165) is 25.1 Å². The second-order valence-corrected chi connectivity index (χ2v) is 5.11. The quantitative estimate of drug-likeness (QED) is 0.804. The van der Waals surface area contributed by atoms with Crippen LogP contribution in [-0.4, -0.2) is 36.6 Å². The summed E-state index contributed by atoms with van der Waals surface area (Å²) in [6.07, 6.45) is 2.76. The summed E-state index contributed by atoms with van der Waals surface area (Å²) >= 11 is 0. The number of nitrogens with two attached hydrogens (primary N) is 1. The average Bonchev–Trinajstić information content (AvgIpc) is 2.36. The van der Waals surface area contributed by atoms with E-state index in [2.05, 4.69) is 30.8 Å². The average molecular weight is 251 g/mol. The summed E-state index contributed by atoms with van der Waals surface area (Å²) in [5.41, 5.74) is 7.16. The zero-order chi connectivity index (χ0) is 13.5. The van der Waals surface area contributed by atoms with Crippen LogP contribution in [0.3, 0.4) is 0 Å². The molecule has 0 saturated carbocycles. The monoisotopic (exact) mass is 251 g/mol. The van der Waals surface area contributed by atoms with Crippen molar-refractivity contribution < 1.29 is 4.74 Å². The Hall–Kier alpha value is -1.13. The van der Waals surface area contributed by atoms with Crippen LogP contribution < -0.4 is 10.5 Å². The molecule has 0 bridgehead atoms. The van der Waals surface area contributed by atoms with E-state index in [4.69, 9.17) is 10.5 Å². The van der Waals surface area contributed by atoms with Crippen molar-refractivity contribution in [2.45, 2.75) is 32.9 Å². The molecule has 2 N–H and O–H groups in total.